The number of fused-ring (bicyclic) bond motifs is 3. The van der Waals surface area contributed by atoms with Crippen molar-refractivity contribution in [1.29, 1.82) is 0 Å². The maximum atomic E-state index is 13.4. The summed E-state index contributed by atoms with van der Waals surface area (Å²) in [4.78, 5) is 43.4. The molecule has 2 heterocycles. The number of nitrogens with one attached hydrogen (secondary N) is 1. The fourth-order valence-electron chi connectivity index (χ4n) is 3.84. The Hall–Kier alpha value is -2.76. The molecule has 0 fully saturated rings. The zero-order valence-electron chi connectivity index (χ0n) is 18.3. The number of hydrogen-bond donors (Lipinski definition) is 1. The molecule has 0 spiro atoms. The van der Waals surface area contributed by atoms with Crippen molar-refractivity contribution >= 4 is 50.6 Å². The molecule has 0 aliphatic heterocycles. The first-order valence-corrected chi connectivity index (χ1v) is 12.3. The van der Waals surface area contributed by atoms with Crippen molar-refractivity contribution in [2.45, 2.75) is 49.6 Å². The normalized spacial score (nSPS) is 14.1. The van der Waals surface area contributed by atoms with E-state index in [9.17, 15) is 19.7 Å². The molecule has 1 aromatic carbocycles. The molecule has 33 heavy (non-hydrogen) atoms. The molecule has 0 saturated heterocycles. The Bertz CT molecular complexity index is 1270. The molecule has 1 amide bonds. The molecule has 1 aliphatic carbocycles. The van der Waals surface area contributed by atoms with Crippen LogP contribution in [0.2, 0.25) is 0 Å². The van der Waals surface area contributed by atoms with Gasteiger partial charge in [-0.25, -0.2) is 4.98 Å². The second kappa shape index (κ2) is 10.0. The lowest BCUT2D eigenvalue weighted by Crippen LogP contribution is -2.28. The van der Waals surface area contributed by atoms with Crippen molar-refractivity contribution in [3.63, 3.8) is 0 Å². The lowest BCUT2D eigenvalue weighted by molar-refractivity contribution is -0.384. The van der Waals surface area contributed by atoms with Crippen LogP contribution in [0.15, 0.2) is 34.2 Å². The second-order valence-electron chi connectivity index (χ2n) is 7.79. The van der Waals surface area contributed by atoms with Crippen molar-refractivity contribution in [3.05, 3.63) is 55.2 Å². The largest absolute Gasteiger partial charge is 0.383 e. The van der Waals surface area contributed by atoms with E-state index in [0.717, 1.165) is 31.2 Å². The Kier molecular flexibility index (Phi) is 7.11. The summed E-state index contributed by atoms with van der Waals surface area (Å²) in [5.74, 6) is -0.335. The average molecular weight is 489 g/mol. The first-order chi connectivity index (χ1) is 15.9. The maximum absolute atomic E-state index is 13.4. The van der Waals surface area contributed by atoms with E-state index in [0.29, 0.717) is 34.2 Å². The number of non-ortho nitro benzene ring substituents is 1. The maximum Gasteiger partial charge on any atom is 0.271 e. The van der Waals surface area contributed by atoms with Gasteiger partial charge in [0.25, 0.3) is 11.2 Å². The third-order valence-corrected chi connectivity index (χ3v) is 7.81. The second-order valence-corrected chi connectivity index (χ2v) is 10.2. The Labute approximate surface area is 198 Å². The van der Waals surface area contributed by atoms with Crippen LogP contribution in [-0.2, 0) is 28.9 Å². The summed E-state index contributed by atoms with van der Waals surface area (Å²) in [6, 6.07) is 5.78. The standard InChI is InChI=1S/C22H24N4O5S2/c1-13(19(27)23-14-6-5-7-15(12-14)26(29)30)32-22-24-20-18(21(28)25(22)10-11-31-2)16-8-3-4-9-17(16)33-20/h5-7,12-13H,3-4,8-11H2,1-2H3,(H,23,27). The Morgan fingerprint density at radius 2 is 2.18 bits per heavy atom. The zero-order valence-corrected chi connectivity index (χ0v) is 20.0. The third kappa shape index (κ3) is 4.94. The quantitative estimate of drug-likeness (QED) is 0.220. The molecule has 1 unspecified atom stereocenters. The molecule has 174 valence electrons. The van der Waals surface area contributed by atoms with Gasteiger partial charge in [0, 0.05) is 29.8 Å². The number of hydrogen-bond acceptors (Lipinski definition) is 8. The predicted octanol–water partition coefficient (Wildman–Crippen LogP) is 4.01. The number of ether oxygens (including phenoxy) is 1. The summed E-state index contributed by atoms with van der Waals surface area (Å²) in [6.07, 6.45) is 4.05. The average Bonchev–Trinajstić information content (AvgIpc) is 3.17. The van der Waals surface area contributed by atoms with Crippen molar-refractivity contribution in [3.8, 4) is 0 Å². The molecule has 1 N–H and O–H groups in total. The minimum Gasteiger partial charge on any atom is -0.383 e. The number of thiophene rings is 1. The number of anilines is 1. The number of methoxy groups -OCH3 is 1. The molecule has 4 rings (SSSR count). The van der Waals surface area contributed by atoms with Gasteiger partial charge in [0.05, 0.1) is 28.7 Å². The van der Waals surface area contributed by atoms with Gasteiger partial charge in [0.15, 0.2) is 5.16 Å². The van der Waals surface area contributed by atoms with Crippen molar-refractivity contribution in [2.75, 3.05) is 19.0 Å². The smallest absolute Gasteiger partial charge is 0.271 e. The van der Waals surface area contributed by atoms with E-state index in [-0.39, 0.29) is 17.2 Å². The lowest BCUT2D eigenvalue weighted by Gasteiger charge is -2.16. The van der Waals surface area contributed by atoms with E-state index in [1.54, 1.807) is 36.0 Å². The number of thioether (sulfide) groups is 1. The Balaban J connectivity index is 1.62. The zero-order chi connectivity index (χ0) is 23.5. The van der Waals surface area contributed by atoms with Gasteiger partial charge in [-0.15, -0.1) is 11.3 Å². The number of nitro benzene ring substituents is 1. The Morgan fingerprint density at radius 3 is 2.94 bits per heavy atom. The summed E-state index contributed by atoms with van der Waals surface area (Å²) in [7, 11) is 1.57. The molecule has 9 nitrogen and oxygen atoms in total. The molecule has 3 aromatic rings. The SMILES string of the molecule is COCCn1c(SC(C)C(=O)Nc2cccc([N+](=O)[O-])c2)nc2sc3c(c2c1=O)CCCC3. The van der Waals surface area contributed by atoms with E-state index in [1.807, 2.05) is 0 Å². The van der Waals surface area contributed by atoms with Crippen LogP contribution >= 0.6 is 23.1 Å². The Morgan fingerprint density at radius 1 is 1.39 bits per heavy atom. The molecule has 1 aliphatic rings. The van der Waals surface area contributed by atoms with Gasteiger partial charge >= 0.3 is 0 Å². The number of nitro groups is 1. The molecule has 0 saturated carbocycles. The highest BCUT2D eigenvalue weighted by Gasteiger charge is 2.24. The van der Waals surface area contributed by atoms with Crippen LogP contribution in [0.4, 0.5) is 11.4 Å². The van der Waals surface area contributed by atoms with Crippen LogP contribution in [0, 0.1) is 10.1 Å². The molecule has 1 atom stereocenters. The topological polar surface area (TPSA) is 116 Å². The predicted molar refractivity (Wildman–Crippen MR) is 129 cm³/mol. The van der Waals surface area contributed by atoms with Crippen molar-refractivity contribution in [2.24, 2.45) is 0 Å². The highest BCUT2D eigenvalue weighted by atomic mass is 32.2. The molecular formula is C22H24N4O5S2. The van der Waals surface area contributed by atoms with Gasteiger partial charge in [-0.2, -0.15) is 0 Å². The summed E-state index contributed by atoms with van der Waals surface area (Å²) >= 11 is 2.76. The summed E-state index contributed by atoms with van der Waals surface area (Å²) in [5, 5.41) is 14.3. The fraction of sp³-hybridized carbons (Fsp3) is 0.409. The first kappa shape index (κ1) is 23.4. The molecule has 11 heteroatoms. The summed E-state index contributed by atoms with van der Waals surface area (Å²) < 4.78 is 6.79. The van der Waals surface area contributed by atoms with E-state index in [4.69, 9.17) is 9.72 Å². The van der Waals surface area contributed by atoms with E-state index in [2.05, 4.69) is 5.32 Å². The van der Waals surface area contributed by atoms with Crippen LogP contribution in [0.1, 0.15) is 30.2 Å². The number of aryl methyl sites for hydroxylation is 2. The van der Waals surface area contributed by atoms with E-state index < -0.39 is 10.2 Å². The van der Waals surface area contributed by atoms with Crippen LogP contribution in [0.25, 0.3) is 10.2 Å². The monoisotopic (exact) mass is 488 g/mol. The van der Waals surface area contributed by atoms with E-state index in [1.165, 1.54) is 34.8 Å². The number of rotatable bonds is 8. The number of aromatic nitrogens is 2. The number of amides is 1. The van der Waals surface area contributed by atoms with Gasteiger partial charge < -0.3 is 10.1 Å². The number of carbonyl (C=O) groups is 1. The number of nitrogens with zero attached hydrogens (tertiary/aromatic N) is 3. The number of benzene rings is 1. The van der Waals surface area contributed by atoms with Gasteiger partial charge in [-0.1, -0.05) is 17.8 Å². The van der Waals surface area contributed by atoms with Crippen LogP contribution < -0.4 is 10.9 Å². The van der Waals surface area contributed by atoms with Gasteiger partial charge in [-0.3, -0.25) is 24.3 Å². The van der Waals surface area contributed by atoms with Crippen LogP contribution in [0.3, 0.4) is 0 Å². The first-order valence-electron chi connectivity index (χ1n) is 10.6. The van der Waals surface area contributed by atoms with Gasteiger partial charge in [-0.05, 0) is 44.2 Å². The summed E-state index contributed by atoms with van der Waals surface area (Å²) in [6.45, 7) is 2.40. The molecule has 0 radical (unpaired) electrons. The van der Waals surface area contributed by atoms with Crippen LogP contribution in [0.5, 0.6) is 0 Å². The minimum absolute atomic E-state index is 0.0924. The lowest BCUT2D eigenvalue weighted by atomic mass is 9.97. The third-order valence-electron chi connectivity index (χ3n) is 5.53. The van der Waals surface area contributed by atoms with Gasteiger partial charge in [0.1, 0.15) is 4.83 Å². The molecule has 2 aromatic heterocycles. The summed E-state index contributed by atoms with van der Waals surface area (Å²) in [5.41, 5.74) is 1.27. The highest BCUT2D eigenvalue weighted by molar-refractivity contribution is 8.00. The van der Waals surface area contributed by atoms with Gasteiger partial charge in [0.2, 0.25) is 5.91 Å². The molecule has 0 bridgehead atoms. The minimum atomic E-state index is -0.586. The van der Waals surface area contributed by atoms with Crippen molar-refractivity contribution in [1.82, 2.24) is 9.55 Å². The van der Waals surface area contributed by atoms with E-state index >= 15 is 0 Å². The van der Waals surface area contributed by atoms with Crippen molar-refractivity contribution < 1.29 is 14.5 Å². The van der Waals surface area contributed by atoms with Crippen LogP contribution in [-0.4, -0.2) is 39.3 Å². The number of carbonyl (C=O) groups excluding carboxylic acids is 1. The fourth-order valence-corrected chi connectivity index (χ4v) is 6.08. The highest BCUT2D eigenvalue weighted by Crippen LogP contribution is 2.35. The molecular weight excluding hydrogens is 464 g/mol.